The zero-order valence-corrected chi connectivity index (χ0v) is 11.5. The molecule has 1 rings (SSSR count). The highest BCUT2D eigenvalue weighted by atomic mass is 16.2. The summed E-state index contributed by atoms with van der Waals surface area (Å²) in [6.07, 6.45) is 2.01. The van der Waals surface area contributed by atoms with Gasteiger partial charge in [0.1, 0.15) is 6.04 Å². The molecule has 0 aromatic rings. The summed E-state index contributed by atoms with van der Waals surface area (Å²) < 4.78 is 0. The number of carbonyl (C=O) groups excluding carboxylic acids is 2. The van der Waals surface area contributed by atoms with Crippen molar-refractivity contribution in [2.75, 3.05) is 40.3 Å². The van der Waals surface area contributed by atoms with E-state index in [0.717, 1.165) is 19.4 Å². The monoisotopic (exact) mass is 256 g/mol. The minimum absolute atomic E-state index is 0.0344. The lowest BCUT2D eigenvalue weighted by molar-refractivity contribution is -0.133. The van der Waals surface area contributed by atoms with E-state index >= 15 is 0 Å². The van der Waals surface area contributed by atoms with Crippen LogP contribution in [0, 0.1) is 0 Å². The lowest BCUT2D eigenvalue weighted by Gasteiger charge is -2.36. The number of urea groups is 1. The number of nitrogens with zero attached hydrogens (tertiary/aromatic N) is 2. The average Bonchev–Trinajstić information content (AvgIpc) is 2.38. The molecule has 6 nitrogen and oxygen atoms in total. The minimum Gasteiger partial charge on any atom is -0.347 e. The van der Waals surface area contributed by atoms with Crippen molar-refractivity contribution in [1.82, 2.24) is 20.4 Å². The lowest BCUT2D eigenvalue weighted by atomic mass is 10.2. The topological polar surface area (TPSA) is 64.7 Å². The Morgan fingerprint density at radius 2 is 2.17 bits per heavy atom. The van der Waals surface area contributed by atoms with Crippen LogP contribution in [0.4, 0.5) is 4.79 Å². The Hall–Kier alpha value is -1.30. The van der Waals surface area contributed by atoms with E-state index in [0.29, 0.717) is 19.6 Å². The number of rotatable bonds is 4. The molecule has 0 aromatic heterocycles. The number of carbonyl (C=O) groups is 2. The Kier molecular flexibility index (Phi) is 5.91. The van der Waals surface area contributed by atoms with Crippen molar-refractivity contribution in [3.05, 3.63) is 0 Å². The molecule has 104 valence electrons. The number of unbranched alkanes of at least 4 members (excludes halogenated alkanes) is 1. The van der Waals surface area contributed by atoms with Crippen LogP contribution in [0.5, 0.6) is 0 Å². The third-order valence-electron chi connectivity index (χ3n) is 3.04. The summed E-state index contributed by atoms with van der Waals surface area (Å²) in [6.45, 7) is 4.58. The summed E-state index contributed by atoms with van der Waals surface area (Å²) in [5.74, 6) is -0.0344. The van der Waals surface area contributed by atoms with Crippen molar-refractivity contribution < 1.29 is 9.59 Å². The van der Waals surface area contributed by atoms with Crippen LogP contribution in [0.2, 0.25) is 0 Å². The van der Waals surface area contributed by atoms with Crippen molar-refractivity contribution in [1.29, 1.82) is 0 Å². The molecule has 0 spiro atoms. The number of hydrogen-bond donors (Lipinski definition) is 2. The van der Waals surface area contributed by atoms with Gasteiger partial charge in [-0.05, 0) is 6.42 Å². The highest BCUT2D eigenvalue weighted by molar-refractivity contribution is 5.87. The molecule has 0 saturated carbocycles. The summed E-state index contributed by atoms with van der Waals surface area (Å²) in [6, 6.07) is -0.527. The molecular weight excluding hydrogens is 232 g/mol. The number of amides is 3. The van der Waals surface area contributed by atoms with Crippen molar-refractivity contribution in [3.8, 4) is 0 Å². The molecule has 0 radical (unpaired) electrons. The largest absolute Gasteiger partial charge is 0.347 e. The highest BCUT2D eigenvalue weighted by Gasteiger charge is 2.32. The van der Waals surface area contributed by atoms with Crippen LogP contribution in [0.25, 0.3) is 0 Å². The standard InChI is InChI=1S/C12H24N4O2/c1-4-5-6-14-12(18)16-8-7-13-9-10(16)11(17)15(2)3/h10,13H,4-9H2,1-3H3,(H,14,18). The molecule has 1 aliphatic rings. The Morgan fingerprint density at radius 1 is 1.44 bits per heavy atom. The predicted molar refractivity (Wildman–Crippen MR) is 70.4 cm³/mol. The molecule has 0 aromatic carbocycles. The number of piperazine rings is 1. The first-order chi connectivity index (χ1) is 8.57. The van der Waals surface area contributed by atoms with Crippen LogP contribution in [-0.4, -0.2) is 68.1 Å². The van der Waals surface area contributed by atoms with Gasteiger partial charge in [-0.3, -0.25) is 4.79 Å². The van der Waals surface area contributed by atoms with Crippen LogP contribution in [0.15, 0.2) is 0 Å². The second-order valence-electron chi connectivity index (χ2n) is 4.73. The van der Waals surface area contributed by atoms with Gasteiger partial charge in [-0.25, -0.2) is 4.79 Å². The summed E-state index contributed by atoms with van der Waals surface area (Å²) in [4.78, 5) is 27.2. The first-order valence-corrected chi connectivity index (χ1v) is 6.54. The van der Waals surface area contributed by atoms with Gasteiger partial charge in [0.15, 0.2) is 0 Å². The van der Waals surface area contributed by atoms with Crippen LogP contribution >= 0.6 is 0 Å². The quantitative estimate of drug-likeness (QED) is 0.688. The van der Waals surface area contributed by atoms with Crippen LogP contribution in [0.3, 0.4) is 0 Å². The second-order valence-corrected chi connectivity index (χ2v) is 4.73. The maximum Gasteiger partial charge on any atom is 0.318 e. The fourth-order valence-electron chi connectivity index (χ4n) is 1.94. The van der Waals surface area contributed by atoms with Gasteiger partial charge in [0.25, 0.3) is 0 Å². The summed E-state index contributed by atoms with van der Waals surface area (Å²) >= 11 is 0. The maximum absolute atomic E-state index is 12.0. The Morgan fingerprint density at radius 3 is 2.78 bits per heavy atom. The molecule has 1 unspecified atom stereocenters. The normalized spacial score (nSPS) is 19.5. The van der Waals surface area contributed by atoms with Gasteiger partial charge in [0, 0.05) is 40.3 Å². The molecule has 1 saturated heterocycles. The van der Waals surface area contributed by atoms with Gasteiger partial charge in [-0.2, -0.15) is 0 Å². The van der Waals surface area contributed by atoms with E-state index < -0.39 is 6.04 Å². The number of hydrogen-bond acceptors (Lipinski definition) is 3. The molecular formula is C12H24N4O2. The number of nitrogens with one attached hydrogen (secondary N) is 2. The third-order valence-corrected chi connectivity index (χ3v) is 3.04. The van der Waals surface area contributed by atoms with Crippen LogP contribution < -0.4 is 10.6 Å². The third kappa shape index (κ3) is 3.87. The van der Waals surface area contributed by atoms with Crippen molar-refractivity contribution in [3.63, 3.8) is 0 Å². The Bertz CT molecular complexity index is 294. The fourth-order valence-corrected chi connectivity index (χ4v) is 1.94. The minimum atomic E-state index is -0.393. The van der Waals surface area contributed by atoms with Gasteiger partial charge in [0.2, 0.25) is 5.91 Å². The van der Waals surface area contributed by atoms with Gasteiger partial charge < -0.3 is 20.4 Å². The molecule has 6 heteroatoms. The molecule has 1 aliphatic heterocycles. The lowest BCUT2D eigenvalue weighted by Crippen LogP contribution is -2.61. The summed E-state index contributed by atoms with van der Waals surface area (Å²) in [7, 11) is 3.42. The summed E-state index contributed by atoms with van der Waals surface area (Å²) in [5.41, 5.74) is 0. The molecule has 0 bridgehead atoms. The molecule has 2 N–H and O–H groups in total. The van der Waals surface area contributed by atoms with E-state index in [1.807, 2.05) is 0 Å². The van der Waals surface area contributed by atoms with E-state index in [1.54, 1.807) is 19.0 Å². The van der Waals surface area contributed by atoms with Gasteiger partial charge >= 0.3 is 6.03 Å². The molecule has 0 aliphatic carbocycles. The second kappa shape index (κ2) is 7.20. The van der Waals surface area contributed by atoms with Gasteiger partial charge in [-0.15, -0.1) is 0 Å². The summed E-state index contributed by atoms with van der Waals surface area (Å²) in [5, 5.41) is 6.02. The van der Waals surface area contributed by atoms with Crippen LogP contribution in [-0.2, 0) is 4.79 Å². The van der Waals surface area contributed by atoms with E-state index in [-0.39, 0.29) is 11.9 Å². The van der Waals surface area contributed by atoms with Crippen molar-refractivity contribution >= 4 is 11.9 Å². The maximum atomic E-state index is 12.0. The van der Waals surface area contributed by atoms with Gasteiger partial charge in [-0.1, -0.05) is 13.3 Å². The fraction of sp³-hybridized carbons (Fsp3) is 0.833. The SMILES string of the molecule is CCCCNC(=O)N1CCNCC1C(=O)N(C)C. The molecule has 1 heterocycles. The van der Waals surface area contributed by atoms with E-state index in [9.17, 15) is 9.59 Å². The van der Waals surface area contributed by atoms with Crippen molar-refractivity contribution in [2.45, 2.75) is 25.8 Å². The average molecular weight is 256 g/mol. The number of likely N-dealkylation sites (N-methyl/N-ethyl adjacent to an activating group) is 1. The Balaban J connectivity index is 2.58. The Labute approximate surface area is 109 Å². The van der Waals surface area contributed by atoms with E-state index in [4.69, 9.17) is 0 Å². The zero-order chi connectivity index (χ0) is 13.5. The van der Waals surface area contributed by atoms with E-state index in [1.165, 1.54) is 4.90 Å². The molecule has 1 atom stereocenters. The van der Waals surface area contributed by atoms with Gasteiger partial charge in [0.05, 0.1) is 0 Å². The highest BCUT2D eigenvalue weighted by Crippen LogP contribution is 2.06. The smallest absolute Gasteiger partial charge is 0.318 e. The molecule has 18 heavy (non-hydrogen) atoms. The predicted octanol–water partition coefficient (Wildman–Crippen LogP) is -0.142. The first-order valence-electron chi connectivity index (χ1n) is 6.54. The molecule has 1 fully saturated rings. The van der Waals surface area contributed by atoms with E-state index in [2.05, 4.69) is 17.6 Å². The zero-order valence-electron chi connectivity index (χ0n) is 11.5. The first kappa shape index (κ1) is 14.8. The van der Waals surface area contributed by atoms with Crippen LogP contribution in [0.1, 0.15) is 19.8 Å². The molecule has 3 amide bonds. The van der Waals surface area contributed by atoms with Crippen molar-refractivity contribution in [2.24, 2.45) is 0 Å².